The molecule has 6 nitrogen and oxygen atoms in total. The maximum absolute atomic E-state index is 11.9. The summed E-state index contributed by atoms with van der Waals surface area (Å²) < 4.78 is 1.67. The van der Waals surface area contributed by atoms with Crippen LogP contribution in [0.2, 0.25) is 0 Å². The molecule has 0 aliphatic carbocycles. The first-order valence-electron chi connectivity index (χ1n) is 6.49. The third-order valence-corrected chi connectivity index (χ3v) is 3.24. The van der Waals surface area contributed by atoms with E-state index < -0.39 is 0 Å². The lowest BCUT2D eigenvalue weighted by atomic mass is 10.1. The Kier molecular flexibility index (Phi) is 3.06. The van der Waals surface area contributed by atoms with Gasteiger partial charge >= 0.3 is 0 Å². The molecule has 0 fully saturated rings. The van der Waals surface area contributed by atoms with Crippen LogP contribution >= 0.6 is 0 Å². The van der Waals surface area contributed by atoms with Crippen LogP contribution in [0.25, 0.3) is 16.6 Å². The molecule has 6 heteroatoms. The number of rotatable bonds is 2. The summed E-state index contributed by atoms with van der Waals surface area (Å²) in [6, 6.07) is 9.14. The van der Waals surface area contributed by atoms with E-state index in [1.54, 1.807) is 43.3 Å². The second-order valence-electron chi connectivity index (χ2n) is 4.92. The number of fused-ring (bicyclic) bond motifs is 1. The van der Waals surface area contributed by atoms with Crippen molar-refractivity contribution in [1.29, 1.82) is 0 Å². The Hall–Kier alpha value is -2.89. The van der Waals surface area contributed by atoms with Crippen LogP contribution in [-0.4, -0.2) is 39.7 Å². The van der Waals surface area contributed by atoms with E-state index in [2.05, 4.69) is 10.1 Å². The van der Waals surface area contributed by atoms with Crippen LogP contribution < -0.4 is 5.73 Å². The molecule has 0 aliphatic rings. The number of anilines is 1. The highest BCUT2D eigenvalue weighted by atomic mass is 16.2. The van der Waals surface area contributed by atoms with Crippen LogP contribution in [0.5, 0.6) is 0 Å². The summed E-state index contributed by atoms with van der Waals surface area (Å²) in [5.41, 5.74) is 8.52. The predicted molar refractivity (Wildman–Crippen MR) is 81.3 cm³/mol. The van der Waals surface area contributed by atoms with E-state index in [4.69, 9.17) is 5.73 Å². The van der Waals surface area contributed by atoms with Gasteiger partial charge in [-0.1, -0.05) is 0 Å². The van der Waals surface area contributed by atoms with E-state index >= 15 is 0 Å². The number of amides is 1. The van der Waals surface area contributed by atoms with Crippen molar-refractivity contribution >= 4 is 22.5 Å². The molecule has 0 aliphatic heterocycles. The van der Waals surface area contributed by atoms with Crippen molar-refractivity contribution in [2.24, 2.45) is 0 Å². The van der Waals surface area contributed by atoms with Crippen LogP contribution in [0.1, 0.15) is 10.5 Å². The molecule has 0 saturated heterocycles. The Labute approximate surface area is 121 Å². The van der Waals surface area contributed by atoms with Crippen LogP contribution in [-0.2, 0) is 0 Å². The fraction of sp³-hybridized carbons (Fsp3) is 0.133. The Bertz CT molecular complexity index is 822. The minimum atomic E-state index is -0.133. The molecule has 3 rings (SSSR count). The van der Waals surface area contributed by atoms with Gasteiger partial charge in [0.1, 0.15) is 0 Å². The average molecular weight is 281 g/mol. The third kappa shape index (κ3) is 2.20. The SMILES string of the molecule is CN(C)C(=O)c1ccn(-c2ccc(N)c3ncccc23)n1. The molecule has 0 saturated carbocycles. The largest absolute Gasteiger partial charge is 0.397 e. The molecule has 1 amide bonds. The van der Waals surface area contributed by atoms with E-state index in [1.165, 1.54) is 4.90 Å². The standard InChI is InChI=1S/C15H15N5O/c1-19(2)15(21)12-7-9-20(18-12)13-6-5-11(16)14-10(13)4-3-8-17-14/h3-9H,16H2,1-2H3. The normalized spacial score (nSPS) is 10.8. The number of hydrogen-bond donors (Lipinski definition) is 1. The number of aromatic nitrogens is 3. The highest BCUT2D eigenvalue weighted by molar-refractivity contribution is 5.95. The lowest BCUT2D eigenvalue weighted by Gasteiger charge is -2.09. The van der Waals surface area contributed by atoms with Gasteiger partial charge in [-0.2, -0.15) is 5.10 Å². The van der Waals surface area contributed by atoms with Crippen LogP contribution in [0.15, 0.2) is 42.7 Å². The van der Waals surface area contributed by atoms with Crippen molar-refractivity contribution in [3.8, 4) is 5.69 Å². The first-order chi connectivity index (χ1) is 10.1. The van der Waals surface area contributed by atoms with E-state index in [0.29, 0.717) is 11.4 Å². The molecule has 0 atom stereocenters. The Balaban J connectivity index is 2.14. The molecular weight excluding hydrogens is 266 g/mol. The average Bonchev–Trinajstić information content (AvgIpc) is 2.96. The van der Waals surface area contributed by atoms with Crippen molar-refractivity contribution in [2.75, 3.05) is 19.8 Å². The molecule has 1 aromatic carbocycles. The molecular formula is C15H15N5O. The van der Waals surface area contributed by atoms with Crippen LogP contribution in [0.3, 0.4) is 0 Å². The van der Waals surface area contributed by atoms with Gasteiger partial charge in [0.05, 0.1) is 16.9 Å². The topological polar surface area (TPSA) is 77.0 Å². The summed E-state index contributed by atoms with van der Waals surface area (Å²) in [4.78, 5) is 17.7. The monoisotopic (exact) mass is 281 g/mol. The predicted octanol–water partition coefficient (Wildman–Crippen LogP) is 1.70. The van der Waals surface area contributed by atoms with Gasteiger partial charge in [0.2, 0.25) is 0 Å². The molecule has 0 unspecified atom stereocenters. The minimum absolute atomic E-state index is 0.133. The Morgan fingerprint density at radius 1 is 1.24 bits per heavy atom. The van der Waals surface area contributed by atoms with Gasteiger partial charge in [0.25, 0.3) is 5.91 Å². The number of carbonyl (C=O) groups is 1. The fourth-order valence-electron chi connectivity index (χ4n) is 2.18. The highest BCUT2D eigenvalue weighted by Gasteiger charge is 2.13. The van der Waals surface area contributed by atoms with E-state index in [1.807, 2.05) is 18.2 Å². The van der Waals surface area contributed by atoms with Gasteiger partial charge in [-0.25, -0.2) is 4.68 Å². The van der Waals surface area contributed by atoms with Crippen LogP contribution in [0.4, 0.5) is 5.69 Å². The maximum atomic E-state index is 11.9. The zero-order valence-electron chi connectivity index (χ0n) is 11.8. The van der Waals surface area contributed by atoms with Crippen molar-refractivity contribution in [3.05, 3.63) is 48.4 Å². The van der Waals surface area contributed by atoms with E-state index in [9.17, 15) is 4.79 Å². The van der Waals surface area contributed by atoms with E-state index in [-0.39, 0.29) is 5.91 Å². The van der Waals surface area contributed by atoms with Crippen molar-refractivity contribution in [3.63, 3.8) is 0 Å². The summed E-state index contributed by atoms with van der Waals surface area (Å²) in [7, 11) is 3.40. The van der Waals surface area contributed by atoms with Crippen LogP contribution in [0, 0.1) is 0 Å². The molecule has 0 spiro atoms. The molecule has 3 aromatic rings. The quantitative estimate of drug-likeness (QED) is 0.725. The zero-order valence-corrected chi connectivity index (χ0v) is 11.8. The Morgan fingerprint density at radius 2 is 2.05 bits per heavy atom. The van der Waals surface area contributed by atoms with Crippen molar-refractivity contribution < 1.29 is 4.79 Å². The van der Waals surface area contributed by atoms with Gasteiger partial charge in [-0.15, -0.1) is 0 Å². The van der Waals surface area contributed by atoms with Gasteiger partial charge in [-0.3, -0.25) is 9.78 Å². The highest BCUT2D eigenvalue weighted by Crippen LogP contribution is 2.25. The molecule has 0 radical (unpaired) electrons. The fourth-order valence-corrected chi connectivity index (χ4v) is 2.18. The van der Waals surface area contributed by atoms with Crippen molar-refractivity contribution in [2.45, 2.75) is 0 Å². The molecule has 2 heterocycles. The number of carbonyl (C=O) groups excluding carboxylic acids is 1. The second kappa shape index (κ2) is 4.90. The lowest BCUT2D eigenvalue weighted by molar-refractivity contribution is 0.0821. The van der Waals surface area contributed by atoms with Gasteiger partial charge < -0.3 is 10.6 Å². The maximum Gasteiger partial charge on any atom is 0.273 e. The summed E-state index contributed by atoms with van der Waals surface area (Å²) >= 11 is 0. The van der Waals surface area contributed by atoms with Crippen molar-refractivity contribution in [1.82, 2.24) is 19.7 Å². The second-order valence-corrected chi connectivity index (χ2v) is 4.92. The summed E-state index contributed by atoms with van der Waals surface area (Å²) in [6.45, 7) is 0. The van der Waals surface area contributed by atoms with Gasteiger partial charge in [0, 0.05) is 31.9 Å². The third-order valence-electron chi connectivity index (χ3n) is 3.24. The summed E-state index contributed by atoms with van der Waals surface area (Å²) in [5, 5.41) is 5.23. The van der Waals surface area contributed by atoms with Gasteiger partial charge in [-0.05, 0) is 30.3 Å². The Morgan fingerprint density at radius 3 is 2.81 bits per heavy atom. The number of nitrogen functional groups attached to an aromatic ring is 1. The smallest absolute Gasteiger partial charge is 0.273 e. The minimum Gasteiger partial charge on any atom is -0.397 e. The number of pyridine rings is 1. The molecule has 2 aromatic heterocycles. The first-order valence-corrected chi connectivity index (χ1v) is 6.49. The number of benzene rings is 1. The first kappa shape index (κ1) is 13.1. The number of hydrogen-bond acceptors (Lipinski definition) is 4. The molecule has 21 heavy (non-hydrogen) atoms. The summed E-state index contributed by atoms with van der Waals surface area (Å²) in [6.07, 6.45) is 3.46. The molecule has 0 bridgehead atoms. The van der Waals surface area contributed by atoms with E-state index in [0.717, 1.165) is 16.6 Å². The summed E-state index contributed by atoms with van der Waals surface area (Å²) in [5.74, 6) is -0.133. The van der Waals surface area contributed by atoms with Gasteiger partial charge in [0.15, 0.2) is 5.69 Å². The molecule has 2 N–H and O–H groups in total. The lowest BCUT2D eigenvalue weighted by Crippen LogP contribution is -2.22. The zero-order chi connectivity index (χ0) is 15.0. The molecule has 106 valence electrons. The number of nitrogens with two attached hydrogens (primary N) is 1. The number of nitrogens with zero attached hydrogens (tertiary/aromatic N) is 4.